The second-order valence-electron chi connectivity index (χ2n) is 7.70. The van der Waals surface area contributed by atoms with Gasteiger partial charge in [0.2, 0.25) is 11.8 Å². The van der Waals surface area contributed by atoms with Crippen LogP contribution in [0.15, 0.2) is 18.2 Å². The average Bonchev–Trinajstić information content (AvgIpc) is 2.86. The molecule has 2 aliphatic heterocycles. The lowest BCUT2D eigenvalue weighted by molar-refractivity contribution is -0.136. The van der Waals surface area contributed by atoms with Crippen LogP contribution in [0.1, 0.15) is 53.0 Å². The largest absolute Gasteiger partial charge is 0.329 e. The van der Waals surface area contributed by atoms with Crippen molar-refractivity contribution < 1.29 is 19.2 Å². The van der Waals surface area contributed by atoms with Crippen LogP contribution in [0.2, 0.25) is 0 Å². The van der Waals surface area contributed by atoms with Crippen molar-refractivity contribution in [2.24, 2.45) is 5.73 Å². The summed E-state index contributed by atoms with van der Waals surface area (Å²) in [4.78, 5) is 52.0. The van der Waals surface area contributed by atoms with Gasteiger partial charge in [-0.1, -0.05) is 6.07 Å². The normalized spacial score (nSPS) is 20.3. The Morgan fingerprint density at radius 1 is 1.19 bits per heavy atom. The molecule has 8 heteroatoms. The summed E-state index contributed by atoms with van der Waals surface area (Å²) in [6.45, 7) is 5.10. The lowest BCUT2D eigenvalue weighted by atomic mass is 10.0. The van der Waals surface area contributed by atoms with Gasteiger partial charge in [0.25, 0.3) is 11.8 Å². The maximum atomic E-state index is 12.8. The topological polar surface area (TPSA) is 113 Å². The Balaban J connectivity index is 1.85. The molecule has 3 rings (SSSR count). The van der Waals surface area contributed by atoms with Crippen LogP contribution >= 0.6 is 0 Å². The zero-order chi connectivity index (χ0) is 19.9. The Bertz CT molecular complexity index is 833. The summed E-state index contributed by atoms with van der Waals surface area (Å²) < 4.78 is 0. The molecule has 1 aromatic rings. The molecule has 0 aliphatic carbocycles. The van der Waals surface area contributed by atoms with E-state index in [9.17, 15) is 19.2 Å². The Morgan fingerprint density at radius 3 is 2.48 bits per heavy atom. The monoisotopic (exact) mass is 372 g/mol. The first-order valence-electron chi connectivity index (χ1n) is 8.91. The number of likely N-dealkylation sites (N-methyl/N-ethyl adjacent to an activating group) is 1. The van der Waals surface area contributed by atoms with E-state index in [1.54, 1.807) is 18.2 Å². The molecule has 1 atom stereocenters. The molecule has 8 nitrogen and oxygen atoms in total. The number of fused-ring (bicyclic) bond motifs is 1. The maximum absolute atomic E-state index is 12.8. The second-order valence-corrected chi connectivity index (χ2v) is 7.70. The Morgan fingerprint density at radius 2 is 1.85 bits per heavy atom. The predicted molar refractivity (Wildman–Crippen MR) is 97.7 cm³/mol. The fourth-order valence-corrected chi connectivity index (χ4v) is 3.26. The fraction of sp³-hybridized carbons (Fsp3) is 0.474. The zero-order valence-corrected chi connectivity index (χ0v) is 15.7. The number of carbonyl (C=O) groups is 4. The number of amides is 4. The van der Waals surface area contributed by atoms with Crippen LogP contribution in [-0.2, 0) is 16.1 Å². The van der Waals surface area contributed by atoms with Gasteiger partial charge in [-0.05, 0) is 45.0 Å². The van der Waals surface area contributed by atoms with Gasteiger partial charge in [0.15, 0.2) is 0 Å². The maximum Gasteiger partial charge on any atom is 0.262 e. The van der Waals surface area contributed by atoms with Gasteiger partial charge < -0.3 is 5.73 Å². The van der Waals surface area contributed by atoms with Gasteiger partial charge in [0.05, 0.1) is 11.1 Å². The quantitative estimate of drug-likeness (QED) is 0.717. The third-order valence-electron chi connectivity index (χ3n) is 5.46. The number of nitrogens with zero attached hydrogens (tertiary/aromatic N) is 2. The highest BCUT2D eigenvalue weighted by Gasteiger charge is 2.44. The third kappa shape index (κ3) is 3.38. The number of nitrogens with one attached hydrogen (secondary N) is 1. The molecule has 0 aromatic heterocycles. The number of hydrogen-bond donors (Lipinski definition) is 2. The van der Waals surface area contributed by atoms with Crippen LogP contribution in [0.3, 0.4) is 0 Å². The van der Waals surface area contributed by atoms with Crippen molar-refractivity contribution in [1.82, 2.24) is 15.1 Å². The van der Waals surface area contributed by atoms with Gasteiger partial charge in [0.1, 0.15) is 6.04 Å². The van der Waals surface area contributed by atoms with Crippen LogP contribution < -0.4 is 11.1 Å². The molecule has 0 bridgehead atoms. The molecule has 2 aliphatic rings. The van der Waals surface area contributed by atoms with Crippen molar-refractivity contribution in [3.05, 3.63) is 34.9 Å². The molecule has 4 amide bonds. The molecule has 3 N–H and O–H groups in total. The first-order chi connectivity index (χ1) is 12.7. The molecule has 1 unspecified atom stereocenters. The zero-order valence-electron chi connectivity index (χ0n) is 15.7. The number of hydrogen-bond acceptors (Lipinski definition) is 6. The number of nitrogens with two attached hydrogens (primary N) is 1. The molecule has 1 aromatic carbocycles. The predicted octanol–water partition coefficient (Wildman–Crippen LogP) is 0.257. The first-order valence-corrected chi connectivity index (χ1v) is 8.91. The first kappa shape index (κ1) is 19.2. The minimum Gasteiger partial charge on any atom is -0.329 e. The van der Waals surface area contributed by atoms with Crippen LogP contribution in [-0.4, -0.2) is 58.6 Å². The minimum atomic E-state index is -0.947. The number of imide groups is 2. The Labute approximate surface area is 157 Å². The highest BCUT2D eigenvalue weighted by Crippen LogP contribution is 2.29. The van der Waals surface area contributed by atoms with Gasteiger partial charge in [0, 0.05) is 25.0 Å². The van der Waals surface area contributed by atoms with E-state index in [2.05, 4.69) is 10.2 Å². The molecule has 1 saturated heterocycles. The summed E-state index contributed by atoms with van der Waals surface area (Å²) in [5.41, 5.74) is 7.05. The smallest absolute Gasteiger partial charge is 0.262 e. The molecule has 0 saturated carbocycles. The van der Waals surface area contributed by atoms with Crippen LogP contribution in [0.25, 0.3) is 0 Å². The molecule has 0 radical (unpaired) electrons. The highest BCUT2D eigenvalue weighted by atomic mass is 16.2. The van der Waals surface area contributed by atoms with Crippen molar-refractivity contribution in [3.8, 4) is 0 Å². The molecule has 0 spiro atoms. The molecule has 144 valence electrons. The van der Waals surface area contributed by atoms with Crippen molar-refractivity contribution in [3.63, 3.8) is 0 Å². The Hall–Kier alpha value is -2.58. The lowest BCUT2D eigenvalue weighted by Gasteiger charge is -2.34. The molecule has 2 heterocycles. The van der Waals surface area contributed by atoms with Gasteiger partial charge in [-0.2, -0.15) is 0 Å². The van der Waals surface area contributed by atoms with E-state index in [1.165, 1.54) is 0 Å². The van der Waals surface area contributed by atoms with Gasteiger partial charge in [-0.3, -0.25) is 34.3 Å². The fourth-order valence-electron chi connectivity index (χ4n) is 3.26. The summed E-state index contributed by atoms with van der Waals surface area (Å²) in [5, 5.41) is 2.19. The highest BCUT2D eigenvalue weighted by molar-refractivity contribution is 6.23. The van der Waals surface area contributed by atoms with Crippen molar-refractivity contribution >= 4 is 23.6 Å². The molecule has 27 heavy (non-hydrogen) atoms. The minimum absolute atomic E-state index is 0.105. The van der Waals surface area contributed by atoms with Crippen LogP contribution in [0.4, 0.5) is 0 Å². The van der Waals surface area contributed by atoms with Crippen molar-refractivity contribution in [2.75, 3.05) is 13.6 Å². The van der Waals surface area contributed by atoms with Gasteiger partial charge in [-0.25, -0.2) is 0 Å². The molecular weight excluding hydrogens is 348 g/mol. The summed E-state index contributed by atoms with van der Waals surface area (Å²) in [7, 11) is 1.95. The van der Waals surface area contributed by atoms with Crippen LogP contribution in [0, 0.1) is 0 Å². The Kier molecular flexibility index (Phi) is 4.88. The summed E-state index contributed by atoms with van der Waals surface area (Å²) >= 11 is 0. The van der Waals surface area contributed by atoms with E-state index in [1.807, 2.05) is 20.9 Å². The SMILES string of the molecule is CN(Cc1ccc2c(c1)C(=O)N(C1CCC(=O)NC1=O)C2=O)C(C)(C)CN. The number of carbonyl (C=O) groups excluding carboxylic acids is 4. The van der Waals surface area contributed by atoms with E-state index in [-0.39, 0.29) is 29.9 Å². The van der Waals surface area contributed by atoms with E-state index in [4.69, 9.17) is 5.73 Å². The number of piperidine rings is 1. The summed E-state index contributed by atoms with van der Waals surface area (Å²) in [5.74, 6) is -1.98. The van der Waals surface area contributed by atoms with Gasteiger partial charge in [-0.15, -0.1) is 0 Å². The number of benzene rings is 1. The summed E-state index contributed by atoms with van der Waals surface area (Å²) in [6.07, 6.45) is 0.254. The third-order valence-corrected chi connectivity index (χ3v) is 5.46. The van der Waals surface area contributed by atoms with Crippen molar-refractivity contribution in [2.45, 2.75) is 44.8 Å². The van der Waals surface area contributed by atoms with Crippen molar-refractivity contribution in [1.29, 1.82) is 0 Å². The standard InChI is InChI=1S/C19H24N4O4/c1-19(2,10-20)22(3)9-11-4-5-12-13(8-11)18(27)23(17(12)26)14-6-7-15(24)21-16(14)25/h4-5,8,14H,6-7,9-10,20H2,1-3H3,(H,21,24,25). The van der Waals surface area contributed by atoms with E-state index in [0.29, 0.717) is 18.7 Å². The van der Waals surface area contributed by atoms with Crippen LogP contribution in [0.5, 0.6) is 0 Å². The van der Waals surface area contributed by atoms with E-state index in [0.717, 1.165) is 10.5 Å². The molecule has 1 fully saturated rings. The second kappa shape index (κ2) is 6.86. The van der Waals surface area contributed by atoms with E-state index < -0.39 is 23.8 Å². The van der Waals surface area contributed by atoms with Gasteiger partial charge >= 0.3 is 0 Å². The average molecular weight is 372 g/mol. The van der Waals surface area contributed by atoms with E-state index >= 15 is 0 Å². The lowest BCUT2D eigenvalue weighted by Crippen LogP contribution is -2.54. The molecular formula is C19H24N4O4. The number of rotatable bonds is 5. The summed E-state index contributed by atoms with van der Waals surface area (Å²) in [6, 6.07) is 4.18.